The largest absolute Gasteiger partial charge is 0.480 e. The van der Waals surface area contributed by atoms with Crippen molar-refractivity contribution in [1.82, 2.24) is 5.32 Å². The Kier molecular flexibility index (Phi) is 4.57. The van der Waals surface area contributed by atoms with Gasteiger partial charge in [-0.25, -0.2) is 9.18 Å². The minimum atomic E-state index is -1.05. The van der Waals surface area contributed by atoms with Gasteiger partial charge in [0.25, 0.3) is 5.91 Å². The first kappa shape index (κ1) is 15.4. The van der Waals surface area contributed by atoms with Gasteiger partial charge < -0.3 is 10.4 Å². The summed E-state index contributed by atoms with van der Waals surface area (Å²) in [5, 5.41) is 12.4. The standard InChI is InChI=1S/C15H16FNO3S/c1-3-8(2)13(15(19)20)17-14(18)12-7-9-6-10(16)4-5-11(9)21-12/h4-8,13H,3H2,1-2H3,(H,17,18)(H,19,20)/t8-,13-/m0/s1. The Balaban J connectivity index is 2.23. The number of carbonyl (C=O) groups excluding carboxylic acids is 1. The highest BCUT2D eigenvalue weighted by atomic mass is 32.1. The zero-order valence-electron chi connectivity index (χ0n) is 11.7. The second kappa shape index (κ2) is 6.22. The molecule has 2 atom stereocenters. The summed E-state index contributed by atoms with van der Waals surface area (Å²) >= 11 is 1.22. The Morgan fingerprint density at radius 3 is 2.71 bits per heavy atom. The van der Waals surface area contributed by atoms with Crippen molar-refractivity contribution < 1.29 is 19.1 Å². The van der Waals surface area contributed by atoms with Crippen molar-refractivity contribution >= 4 is 33.3 Å². The molecule has 0 aliphatic carbocycles. The first-order valence-corrected chi connectivity index (χ1v) is 7.46. The second-order valence-electron chi connectivity index (χ2n) is 4.97. The number of thiophene rings is 1. The molecular formula is C15H16FNO3S. The fourth-order valence-corrected chi connectivity index (χ4v) is 2.97. The van der Waals surface area contributed by atoms with Gasteiger partial charge >= 0.3 is 5.97 Å². The predicted molar refractivity (Wildman–Crippen MR) is 80.1 cm³/mol. The molecule has 0 saturated heterocycles. The lowest BCUT2D eigenvalue weighted by atomic mass is 9.99. The Morgan fingerprint density at radius 2 is 2.10 bits per heavy atom. The molecule has 1 amide bonds. The van der Waals surface area contributed by atoms with E-state index in [0.29, 0.717) is 16.7 Å². The molecule has 112 valence electrons. The predicted octanol–water partition coefficient (Wildman–Crippen LogP) is 3.27. The van der Waals surface area contributed by atoms with E-state index in [1.165, 1.54) is 23.5 Å². The zero-order chi connectivity index (χ0) is 15.6. The van der Waals surface area contributed by atoms with Gasteiger partial charge in [-0.3, -0.25) is 4.79 Å². The monoisotopic (exact) mass is 309 g/mol. The molecule has 0 spiro atoms. The molecule has 4 nitrogen and oxygen atoms in total. The van der Waals surface area contributed by atoms with Crippen LogP contribution in [0.2, 0.25) is 0 Å². The normalized spacial score (nSPS) is 13.9. The summed E-state index contributed by atoms with van der Waals surface area (Å²) in [5.41, 5.74) is 0. The quantitative estimate of drug-likeness (QED) is 0.891. The molecule has 1 heterocycles. The van der Waals surface area contributed by atoms with Crippen LogP contribution < -0.4 is 5.32 Å². The average Bonchev–Trinajstić information content (AvgIpc) is 2.86. The summed E-state index contributed by atoms with van der Waals surface area (Å²) < 4.78 is 13.9. The summed E-state index contributed by atoms with van der Waals surface area (Å²) in [4.78, 5) is 23.8. The number of hydrogen-bond acceptors (Lipinski definition) is 3. The number of benzene rings is 1. The maximum atomic E-state index is 13.1. The first-order valence-electron chi connectivity index (χ1n) is 6.65. The lowest BCUT2D eigenvalue weighted by Gasteiger charge is -2.19. The van der Waals surface area contributed by atoms with Gasteiger partial charge in [0.05, 0.1) is 4.88 Å². The third-order valence-electron chi connectivity index (χ3n) is 3.47. The van der Waals surface area contributed by atoms with Crippen molar-refractivity contribution in [3.63, 3.8) is 0 Å². The van der Waals surface area contributed by atoms with Gasteiger partial charge in [0.15, 0.2) is 0 Å². The SMILES string of the molecule is CC[C@H](C)[C@H](NC(=O)c1cc2cc(F)ccc2s1)C(=O)O. The Labute approximate surface area is 125 Å². The number of hydrogen-bond donors (Lipinski definition) is 2. The molecule has 6 heteroatoms. The Hall–Kier alpha value is -1.95. The minimum Gasteiger partial charge on any atom is -0.480 e. The van der Waals surface area contributed by atoms with Gasteiger partial charge in [-0.15, -0.1) is 11.3 Å². The lowest BCUT2D eigenvalue weighted by Crippen LogP contribution is -2.44. The number of fused-ring (bicyclic) bond motifs is 1. The van der Waals surface area contributed by atoms with Crippen LogP contribution in [0.3, 0.4) is 0 Å². The van der Waals surface area contributed by atoms with E-state index in [4.69, 9.17) is 0 Å². The van der Waals surface area contributed by atoms with E-state index in [0.717, 1.165) is 4.70 Å². The molecule has 2 N–H and O–H groups in total. The van der Waals surface area contributed by atoms with Gasteiger partial charge in [-0.05, 0) is 35.6 Å². The van der Waals surface area contributed by atoms with E-state index in [1.54, 1.807) is 19.1 Å². The van der Waals surface area contributed by atoms with Crippen molar-refractivity contribution in [3.8, 4) is 0 Å². The van der Waals surface area contributed by atoms with Gasteiger partial charge in [-0.1, -0.05) is 20.3 Å². The smallest absolute Gasteiger partial charge is 0.326 e. The van der Waals surface area contributed by atoms with E-state index in [1.807, 2.05) is 6.92 Å². The number of nitrogens with one attached hydrogen (secondary N) is 1. The molecule has 2 aromatic rings. The van der Waals surface area contributed by atoms with Gasteiger partial charge in [-0.2, -0.15) is 0 Å². The van der Waals surface area contributed by atoms with Crippen molar-refractivity contribution in [2.24, 2.45) is 5.92 Å². The Bertz CT molecular complexity index is 683. The van der Waals surface area contributed by atoms with Crippen LogP contribution in [0.4, 0.5) is 4.39 Å². The van der Waals surface area contributed by atoms with E-state index >= 15 is 0 Å². The minimum absolute atomic E-state index is 0.168. The molecule has 0 aliphatic heterocycles. The highest BCUT2D eigenvalue weighted by molar-refractivity contribution is 7.20. The second-order valence-corrected chi connectivity index (χ2v) is 6.05. The van der Waals surface area contributed by atoms with Crippen LogP contribution in [0.25, 0.3) is 10.1 Å². The molecule has 1 aromatic heterocycles. The lowest BCUT2D eigenvalue weighted by molar-refractivity contribution is -0.140. The van der Waals surface area contributed by atoms with Gasteiger partial charge in [0.2, 0.25) is 0 Å². The van der Waals surface area contributed by atoms with Crippen LogP contribution in [0, 0.1) is 11.7 Å². The maximum absolute atomic E-state index is 13.1. The molecule has 1 aromatic carbocycles. The van der Waals surface area contributed by atoms with Crippen LogP contribution in [-0.4, -0.2) is 23.0 Å². The number of carboxylic acids is 1. The summed E-state index contributed by atoms with van der Waals surface area (Å²) in [5.74, 6) is -2.03. The molecule has 0 unspecified atom stereocenters. The van der Waals surface area contributed by atoms with E-state index in [9.17, 15) is 19.1 Å². The fourth-order valence-electron chi connectivity index (χ4n) is 2.02. The van der Waals surface area contributed by atoms with Crippen LogP contribution >= 0.6 is 11.3 Å². The number of carboxylic acid groups (broad SMARTS) is 1. The third kappa shape index (κ3) is 3.39. The number of aliphatic carboxylic acids is 1. The Morgan fingerprint density at radius 1 is 1.38 bits per heavy atom. The van der Waals surface area contributed by atoms with Crippen molar-refractivity contribution in [1.29, 1.82) is 0 Å². The van der Waals surface area contributed by atoms with E-state index < -0.39 is 17.9 Å². The van der Waals surface area contributed by atoms with Crippen LogP contribution in [0.15, 0.2) is 24.3 Å². The zero-order valence-corrected chi connectivity index (χ0v) is 12.5. The summed E-state index contributed by atoms with van der Waals surface area (Å²) in [6.07, 6.45) is 0.648. The summed E-state index contributed by atoms with van der Waals surface area (Å²) in [6, 6.07) is 4.94. The summed E-state index contributed by atoms with van der Waals surface area (Å²) in [7, 11) is 0. The van der Waals surface area contributed by atoms with Gasteiger partial charge in [0, 0.05) is 4.70 Å². The van der Waals surface area contributed by atoms with Crippen molar-refractivity contribution in [3.05, 3.63) is 35.0 Å². The van der Waals surface area contributed by atoms with Crippen LogP contribution in [0.5, 0.6) is 0 Å². The molecule has 0 saturated carbocycles. The topological polar surface area (TPSA) is 66.4 Å². The highest BCUT2D eigenvalue weighted by Crippen LogP contribution is 2.26. The molecule has 0 radical (unpaired) electrons. The van der Waals surface area contributed by atoms with Crippen molar-refractivity contribution in [2.75, 3.05) is 0 Å². The number of rotatable bonds is 5. The van der Waals surface area contributed by atoms with Crippen LogP contribution in [0.1, 0.15) is 29.9 Å². The maximum Gasteiger partial charge on any atom is 0.326 e. The van der Waals surface area contributed by atoms with Crippen LogP contribution in [-0.2, 0) is 4.79 Å². The molecule has 0 bridgehead atoms. The number of amides is 1. The molecule has 0 fully saturated rings. The molecule has 0 aliphatic rings. The fraction of sp³-hybridized carbons (Fsp3) is 0.333. The molecule has 2 rings (SSSR count). The average molecular weight is 309 g/mol. The summed E-state index contributed by atoms with van der Waals surface area (Å²) in [6.45, 7) is 3.65. The van der Waals surface area contributed by atoms with Crippen molar-refractivity contribution in [2.45, 2.75) is 26.3 Å². The third-order valence-corrected chi connectivity index (χ3v) is 4.58. The van der Waals surface area contributed by atoms with Gasteiger partial charge in [0.1, 0.15) is 11.9 Å². The number of halogens is 1. The highest BCUT2D eigenvalue weighted by Gasteiger charge is 2.26. The van der Waals surface area contributed by atoms with E-state index in [2.05, 4.69) is 5.32 Å². The molecular weight excluding hydrogens is 293 g/mol. The van der Waals surface area contributed by atoms with E-state index in [-0.39, 0.29) is 11.7 Å². The molecule has 21 heavy (non-hydrogen) atoms. The number of carbonyl (C=O) groups is 2. The first-order chi connectivity index (χ1) is 9.92.